The Kier molecular flexibility index (Phi) is 8.64. The number of rotatable bonds is 10. The van der Waals surface area contributed by atoms with Gasteiger partial charge in [0.25, 0.3) is 0 Å². The first kappa shape index (κ1) is 25.1. The zero-order valence-electron chi connectivity index (χ0n) is 20.1. The average molecular weight is 479 g/mol. The minimum atomic E-state index is -0.275. The standard InChI is InChI=1S/C30H32F2O3/c1-21(33)4-2-5-23-10-13-29(19-30(23)24-6-3-7-26(32)18-24)35-28-16-14-27(15-17-28)34-20-22-8-11-25(31)12-9-22/h3,6-13,18-19,27-28H,2,4-5,14-17,20H2,1H3. The first-order chi connectivity index (χ1) is 17.0. The van der Waals surface area contributed by atoms with Crippen LogP contribution in [0.5, 0.6) is 5.75 Å². The number of benzene rings is 3. The van der Waals surface area contributed by atoms with Crippen LogP contribution in [0.2, 0.25) is 0 Å². The van der Waals surface area contributed by atoms with E-state index in [9.17, 15) is 13.6 Å². The van der Waals surface area contributed by atoms with Gasteiger partial charge in [0.2, 0.25) is 0 Å². The van der Waals surface area contributed by atoms with Crippen LogP contribution in [0.25, 0.3) is 11.1 Å². The minimum Gasteiger partial charge on any atom is -0.490 e. The molecule has 1 fully saturated rings. The largest absolute Gasteiger partial charge is 0.490 e. The molecule has 0 radical (unpaired) electrons. The Morgan fingerprint density at radius 1 is 0.886 bits per heavy atom. The fraction of sp³-hybridized carbons (Fsp3) is 0.367. The van der Waals surface area contributed by atoms with Crippen molar-refractivity contribution in [1.82, 2.24) is 0 Å². The van der Waals surface area contributed by atoms with Crippen molar-refractivity contribution in [3.05, 3.63) is 89.5 Å². The van der Waals surface area contributed by atoms with E-state index in [1.54, 1.807) is 25.1 Å². The molecule has 5 heteroatoms. The molecule has 0 atom stereocenters. The number of Topliss-reactive ketones (excluding diaryl/α,β-unsaturated/α-hetero) is 1. The molecule has 0 amide bonds. The molecule has 0 aromatic heterocycles. The van der Waals surface area contributed by atoms with E-state index in [-0.39, 0.29) is 29.6 Å². The SMILES string of the molecule is CC(=O)CCCc1ccc(OC2CCC(OCc3ccc(F)cc3)CC2)cc1-c1cccc(F)c1. The highest BCUT2D eigenvalue weighted by molar-refractivity contribution is 5.75. The molecule has 1 saturated carbocycles. The highest BCUT2D eigenvalue weighted by Crippen LogP contribution is 2.32. The van der Waals surface area contributed by atoms with E-state index in [0.29, 0.717) is 13.0 Å². The van der Waals surface area contributed by atoms with Gasteiger partial charge in [-0.15, -0.1) is 0 Å². The number of carbonyl (C=O) groups excluding carboxylic acids is 1. The van der Waals surface area contributed by atoms with Crippen LogP contribution < -0.4 is 4.74 Å². The smallest absolute Gasteiger partial charge is 0.129 e. The zero-order valence-corrected chi connectivity index (χ0v) is 20.1. The van der Waals surface area contributed by atoms with Crippen LogP contribution >= 0.6 is 0 Å². The molecule has 35 heavy (non-hydrogen) atoms. The molecule has 4 rings (SSSR count). The van der Waals surface area contributed by atoms with Gasteiger partial charge in [0, 0.05) is 6.42 Å². The number of ketones is 1. The van der Waals surface area contributed by atoms with E-state index >= 15 is 0 Å². The van der Waals surface area contributed by atoms with Crippen molar-refractivity contribution in [2.75, 3.05) is 0 Å². The van der Waals surface area contributed by atoms with Gasteiger partial charge in [-0.3, -0.25) is 0 Å². The van der Waals surface area contributed by atoms with Gasteiger partial charge in [-0.1, -0.05) is 30.3 Å². The minimum absolute atomic E-state index is 0.101. The number of ether oxygens (including phenoxy) is 2. The molecular weight excluding hydrogens is 446 g/mol. The summed E-state index contributed by atoms with van der Waals surface area (Å²) in [6, 6.07) is 19.0. The number of aryl methyl sites for hydroxylation is 1. The number of hydrogen-bond acceptors (Lipinski definition) is 3. The maximum atomic E-state index is 13.9. The van der Waals surface area contributed by atoms with Crippen molar-refractivity contribution in [2.24, 2.45) is 0 Å². The first-order valence-electron chi connectivity index (χ1n) is 12.4. The van der Waals surface area contributed by atoms with Crippen LogP contribution in [0.1, 0.15) is 56.6 Å². The molecule has 0 saturated heterocycles. The van der Waals surface area contributed by atoms with Gasteiger partial charge in [0.1, 0.15) is 23.2 Å². The summed E-state index contributed by atoms with van der Waals surface area (Å²) in [5, 5.41) is 0. The van der Waals surface area contributed by atoms with Gasteiger partial charge in [-0.2, -0.15) is 0 Å². The van der Waals surface area contributed by atoms with E-state index in [2.05, 4.69) is 0 Å². The summed E-state index contributed by atoms with van der Waals surface area (Å²) in [7, 11) is 0. The molecule has 0 unspecified atom stereocenters. The molecule has 0 aliphatic heterocycles. The predicted octanol–water partition coefficient (Wildman–Crippen LogP) is 7.45. The van der Waals surface area contributed by atoms with Gasteiger partial charge < -0.3 is 14.3 Å². The lowest BCUT2D eigenvalue weighted by molar-refractivity contribution is -0.117. The molecule has 1 aliphatic carbocycles. The summed E-state index contributed by atoms with van der Waals surface area (Å²) in [6.45, 7) is 2.09. The van der Waals surface area contributed by atoms with Crippen molar-refractivity contribution in [3.8, 4) is 16.9 Å². The van der Waals surface area contributed by atoms with Gasteiger partial charge in [0.15, 0.2) is 0 Å². The summed E-state index contributed by atoms with van der Waals surface area (Å²) in [6.07, 6.45) is 5.93. The van der Waals surface area contributed by atoms with Gasteiger partial charge in [0.05, 0.1) is 18.8 Å². The summed E-state index contributed by atoms with van der Waals surface area (Å²) in [5.74, 6) is 0.434. The lowest BCUT2D eigenvalue weighted by Gasteiger charge is -2.29. The Bertz CT molecular complexity index is 1120. The summed E-state index contributed by atoms with van der Waals surface area (Å²) >= 11 is 0. The van der Waals surface area contributed by atoms with E-state index < -0.39 is 0 Å². The van der Waals surface area contributed by atoms with Gasteiger partial charge in [-0.25, -0.2) is 8.78 Å². The average Bonchev–Trinajstić information content (AvgIpc) is 2.85. The fourth-order valence-corrected chi connectivity index (χ4v) is 4.60. The molecular formula is C30H32F2O3. The highest BCUT2D eigenvalue weighted by Gasteiger charge is 2.23. The van der Waals surface area contributed by atoms with Crippen molar-refractivity contribution < 1.29 is 23.0 Å². The third-order valence-corrected chi connectivity index (χ3v) is 6.51. The Balaban J connectivity index is 1.36. The van der Waals surface area contributed by atoms with E-state index in [1.165, 1.54) is 24.3 Å². The second kappa shape index (κ2) is 12.1. The monoisotopic (exact) mass is 478 g/mol. The Morgan fingerprint density at radius 2 is 1.63 bits per heavy atom. The molecule has 184 valence electrons. The Morgan fingerprint density at radius 3 is 2.34 bits per heavy atom. The van der Waals surface area contributed by atoms with Crippen molar-refractivity contribution >= 4 is 5.78 Å². The topological polar surface area (TPSA) is 35.5 Å². The summed E-state index contributed by atoms with van der Waals surface area (Å²) in [4.78, 5) is 11.4. The summed E-state index contributed by atoms with van der Waals surface area (Å²) < 4.78 is 39.4. The maximum absolute atomic E-state index is 13.9. The lowest BCUT2D eigenvalue weighted by atomic mass is 9.94. The first-order valence-corrected chi connectivity index (χ1v) is 12.4. The molecule has 1 aliphatic rings. The quantitative estimate of drug-likeness (QED) is 0.304. The second-order valence-electron chi connectivity index (χ2n) is 9.34. The predicted molar refractivity (Wildman–Crippen MR) is 133 cm³/mol. The maximum Gasteiger partial charge on any atom is 0.129 e. The Labute approximate surface area is 206 Å². The van der Waals surface area contributed by atoms with Crippen LogP contribution in [-0.2, 0) is 22.6 Å². The fourth-order valence-electron chi connectivity index (χ4n) is 4.60. The third kappa shape index (κ3) is 7.46. The van der Waals surface area contributed by atoms with Crippen LogP contribution in [0, 0.1) is 11.6 Å². The van der Waals surface area contributed by atoms with Gasteiger partial charge >= 0.3 is 0 Å². The van der Waals surface area contributed by atoms with Crippen LogP contribution in [0.3, 0.4) is 0 Å². The van der Waals surface area contributed by atoms with E-state index in [4.69, 9.17) is 9.47 Å². The van der Waals surface area contributed by atoms with Crippen molar-refractivity contribution in [3.63, 3.8) is 0 Å². The van der Waals surface area contributed by atoms with E-state index in [0.717, 1.165) is 66.5 Å². The lowest BCUT2D eigenvalue weighted by Crippen LogP contribution is -2.28. The molecule has 3 nitrogen and oxygen atoms in total. The molecule has 0 spiro atoms. The number of halogens is 2. The molecule has 0 heterocycles. The van der Waals surface area contributed by atoms with Crippen molar-refractivity contribution in [2.45, 2.75) is 70.7 Å². The Hall–Kier alpha value is -3.05. The van der Waals surface area contributed by atoms with Crippen LogP contribution in [-0.4, -0.2) is 18.0 Å². The third-order valence-electron chi connectivity index (χ3n) is 6.51. The molecule has 0 bridgehead atoms. The summed E-state index contributed by atoms with van der Waals surface area (Å²) in [5.41, 5.74) is 3.81. The highest BCUT2D eigenvalue weighted by atomic mass is 19.1. The van der Waals surface area contributed by atoms with Crippen LogP contribution in [0.15, 0.2) is 66.7 Å². The molecule has 0 N–H and O–H groups in total. The normalized spacial score (nSPS) is 17.8. The van der Waals surface area contributed by atoms with Crippen molar-refractivity contribution in [1.29, 1.82) is 0 Å². The second-order valence-corrected chi connectivity index (χ2v) is 9.34. The number of hydrogen-bond donors (Lipinski definition) is 0. The molecule has 3 aromatic rings. The zero-order chi connectivity index (χ0) is 24.6. The van der Waals surface area contributed by atoms with Gasteiger partial charge in [-0.05, 0) is 104 Å². The molecule has 3 aromatic carbocycles. The van der Waals surface area contributed by atoms with E-state index in [1.807, 2.05) is 24.3 Å². The van der Waals surface area contributed by atoms with Crippen LogP contribution in [0.4, 0.5) is 8.78 Å². The number of carbonyl (C=O) groups is 1.